The van der Waals surface area contributed by atoms with E-state index in [4.69, 9.17) is 4.52 Å². The third kappa shape index (κ3) is 5.22. The third-order valence-electron chi connectivity index (χ3n) is 4.27. The topological polar surface area (TPSA) is 75.3 Å². The van der Waals surface area contributed by atoms with Gasteiger partial charge < -0.3 is 15.2 Å². The van der Waals surface area contributed by atoms with Gasteiger partial charge in [-0.05, 0) is 31.1 Å². The van der Waals surface area contributed by atoms with Crippen LogP contribution in [0.25, 0.3) is 0 Å². The molecule has 1 aliphatic rings. The van der Waals surface area contributed by atoms with Crippen LogP contribution in [0.2, 0.25) is 0 Å². The minimum atomic E-state index is -0.125. The van der Waals surface area contributed by atoms with Crippen molar-refractivity contribution in [3.63, 3.8) is 0 Å². The van der Waals surface area contributed by atoms with Crippen molar-refractivity contribution in [1.82, 2.24) is 20.8 Å². The van der Waals surface area contributed by atoms with Gasteiger partial charge in [-0.25, -0.2) is 0 Å². The number of rotatable bonds is 3. The summed E-state index contributed by atoms with van der Waals surface area (Å²) in [6, 6.07) is 0.482. The second kappa shape index (κ2) is 7.32. The Morgan fingerprint density at radius 1 is 1.22 bits per heavy atom. The summed E-state index contributed by atoms with van der Waals surface area (Å²) in [6.07, 6.45) is 3.71. The molecule has 1 aromatic heterocycles. The Kier molecular flexibility index (Phi) is 5.65. The first kappa shape index (κ1) is 17.8. The molecular formula is C17H31N5O. The van der Waals surface area contributed by atoms with E-state index in [0.717, 1.165) is 17.8 Å². The number of aromatic nitrogens is 2. The Hall–Kier alpha value is -1.59. The standard InChI is InChI=1S/C17H31N5O/c1-11-7-12(2)9-13(8-11)20-16(18-6)19-10-14-21-15(23-22-14)17(3,4)5/h11-13H,7-10H2,1-6H3,(H2,18,19,20). The van der Waals surface area contributed by atoms with E-state index in [2.05, 4.69) is 60.4 Å². The number of nitrogens with zero attached hydrogens (tertiary/aromatic N) is 3. The number of hydrogen-bond acceptors (Lipinski definition) is 4. The lowest BCUT2D eigenvalue weighted by Crippen LogP contribution is -2.46. The zero-order chi connectivity index (χ0) is 17.0. The van der Waals surface area contributed by atoms with Crippen LogP contribution in [0, 0.1) is 11.8 Å². The fourth-order valence-corrected chi connectivity index (χ4v) is 3.25. The van der Waals surface area contributed by atoms with Gasteiger partial charge in [0.1, 0.15) is 0 Å². The maximum atomic E-state index is 5.31. The van der Waals surface area contributed by atoms with Gasteiger partial charge in [-0.3, -0.25) is 4.99 Å². The molecule has 1 saturated carbocycles. The van der Waals surface area contributed by atoms with Crippen LogP contribution in [0.5, 0.6) is 0 Å². The highest BCUT2D eigenvalue weighted by atomic mass is 16.5. The van der Waals surface area contributed by atoms with Crippen LogP contribution in [-0.2, 0) is 12.0 Å². The average Bonchev–Trinajstić information content (AvgIpc) is 2.91. The minimum absolute atomic E-state index is 0.125. The highest BCUT2D eigenvalue weighted by Crippen LogP contribution is 2.28. The second-order valence-corrected chi connectivity index (χ2v) is 7.95. The first-order chi connectivity index (χ1) is 10.8. The summed E-state index contributed by atoms with van der Waals surface area (Å²) in [5.41, 5.74) is -0.125. The molecule has 1 fully saturated rings. The molecule has 2 unspecified atom stereocenters. The Morgan fingerprint density at radius 3 is 2.39 bits per heavy atom. The highest BCUT2D eigenvalue weighted by Gasteiger charge is 2.25. The van der Waals surface area contributed by atoms with E-state index in [9.17, 15) is 0 Å². The minimum Gasteiger partial charge on any atom is -0.354 e. The van der Waals surface area contributed by atoms with Crippen molar-refractivity contribution < 1.29 is 4.52 Å². The molecule has 0 amide bonds. The normalized spacial score (nSPS) is 26.2. The van der Waals surface area contributed by atoms with Crippen LogP contribution in [0.1, 0.15) is 65.6 Å². The molecule has 2 rings (SSSR count). The first-order valence-corrected chi connectivity index (χ1v) is 8.58. The summed E-state index contributed by atoms with van der Waals surface area (Å²) in [4.78, 5) is 8.75. The summed E-state index contributed by atoms with van der Waals surface area (Å²) in [5, 5.41) is 10.8. The molecule has 1 aliphatic carbocycles. The predicted octanol–water partition coefficient (Wildman–Crippen LogP) is 2.86. The van der Waals surface area contributed by atoms with Gasteiger partial charge in [-0.2, -0.15) is 4.98 Å². The Morgan fingerprint density at radius 2 is 1.87 bits per heavy atom. The van der Waals surface area contributed by atoms with Gasteiger partial charge in [-0.1, -0.05) is 39.8 Å². The fourth-order valence-electron chi connectivity index (χ4n) is 3.25. The van der Waals surface area contributed by atoms with Crippen molar-refractivity contribution in [3.05, 3.63) is 11.7 Å². The molecule has 2 N–H and O–H groups in total. The number of nitrogens with one attached hydrogen (secondary N) is 2. The van der Waals surface area contributed by atoms with Crippen molar-refractivity contribution in [3.8, 4) is 0 Å². The highest BCUT2D eigenvalue weighted by molar-refractivity contribution is 5.79. The molecule has 0 spiro atoms. The van der Waals surface area contributed by atoms with Crippen LogP contribution >= 0.6 is 0 Å². The first-order valence-electron chi connectivity index (χ1n) is 8.58. The summed E-state index contributed by atoms with van der Waals surface area (Å²) in [6.45, 7) is 11.3. The molecule has 0 saturated heterocycles. The van der Waals surface area contributed by atoms with Gasteiger partial charge in [0.25, 0.3) is 0 Å². The van der Waals surface area contributed by atoms with E-state index >= 15 is 0 Å². The van der Waals surface area contributed by atoms with Crippen LogP contribution in [0.15, 0.2) is 9.52 Å². The lowest BCUT2D eigenvalue weighted by Gasteiger charge is -2.32. The largest absolute Gasteiger partial charge is 0.354 e. The number of hydrogen-bond donors (Lipinski definition) is 2. The van der Waals surface area contributed by atoms with E-state index in [-0.39, 0.29) is 5.41 Å². The van der Waals surface area contributed by atoms with Crippen molar-refractivity contribution in [2.45, 2.75) is 71.9 Å². The molecule has 6 nitrogen and oxygen atoms in total. The van der Waals surface area contributed by atoms with Gasteiger partial charge in [0.2, 0.25) is 5.89 Å². The van der Waals surface area contributed by atoms with E-state index < -0.39 is 0 Å². The molecule has 0 radical (unpaired) electrons. The summed E-state index contributed by atoms with van der Waals surface area (Å²) < 4.78 is 5.31. The van der Waals surface area contributed by atoms with Crippen LogP contribution < -0.4 is 10.6 Å². The maximum Gasteiger partial charge on any atom is 0.232 e. The Labute approximate surface area is 139 Å². The lowest BCUT2D eigenvalue weighted by molar-refractivity contribution is 0.255. The van der Waals surface area contributed by atoms with E-state index in [1.54, 1.807) is 7.05 Å². The van der Waals surface area contributed by atoms with Crippen molar-refractivity contribution in [2.75, 3.05) is 7.05 Å². The van der Waals surface area contributed by atoms with Gasteiger partial charge in [0.05, 0.1) is 6.54 Å². The lowest BCUT2D eigenvalue weighted by atomic mass is 9.80. The van der Waals surface area contributed by atoms with Gasteiger partial charge in [-0.15, -0.1) is 0 Å². The maximum absolute atomic E-state index is 5.31. The van der Waals surface area contributed by atoms with Gasteiger partial charge >= 0.3 is 0 Å². The van der Waals surface area contributed by atoms with Crippen molar-refractivity contribution >= 4 is 5.96 Å². The quantitative estimate of drug-likeness (QED) is 0.661. The molecule has 130 valence electrons. The molecule has 0 bridgehead atoms. The second-order valence-electron chi connectivity index (χ2n) is 7.95. The van der Waals surface area contributed by atoms with E-state index in [1.165, 1.54) is 19.3 Å². The molecule has 6 heteroatoms. The predicted molar refractivity (Wildman–Crippen MR) is 92.3 cm³/mol. The smallest absolute Gasteiger partial charge is 0.232 e. The van der Waals surface area contributed by atoms with Gasteiger partial charge in [0.15, 0.2) is 11.8 Å². The molecule has 1 heterocycles. The molecule has 2 atom stereocenters. The average molecular weight is 321 g/mol. The van der Waals surface area contributed by atoms with Crippen molar-refractivity contribution in [1.29, 1.82) is 0 Å². The SMILES string of the molecule is CN=C(NCc1noc(C(C)(C)C)n1)NC1CC(C)CC(C)C1. The molecule has 1 aromatic rings. The third-order valence-corrected chi connectivity index (χ3v) is 4.27. The van der Waals surface area contributed by atoms with E-state index in [0.29, 0.717) is 24.3 Å². The fraction of sp³-hybridized carbons (Fsp3) is 0.824. The molecular weight excluding hydrogens is 290 g/mol. The van der Waals surface area contributed by atoms with Crippen LogP contribution in [-0.4, -0.2) is 29.2 Å². The summed E-state index contributed by atoms with van der Waals surface area (Å²) >= 11 is 0. The van der Waals surface area contributed by atoms with Crippen LogP contribution in [0.4, 0.5) is 0 Å². The summed E-state index contributed by atoms with van der Waals surface area (Å²) in [5.74, 6) is 3.65. The molecule has 0 aromatic carbocycles. The Bertz CT molecular complexity index is 521. The van der Waals surface area contributed by atoms with E-state index in [1.807, 2.05) is 0 Å². The van der Waals surface area contributed by atoms with Crippen molar-refractivity contribution in [2.24, 2.45) is 16.8 Å². The Balaban J connectivity index is 1.87. The van der Waals surface area contributed by atoms with Crippen LogP contribution in [0.3, 0.4) is 0 Å². The van der Waals surface area contributed by atoms with Gasteiger partial charge in [0, 0.05) is 18.5 Å². The summed E-state index contributed by atoms with van der Waals surface area (Å²) in [7, 11) is 1.79. The molecule has 23 heavy (non-hydrogen) atoms. The monoisotopic (exact) mass is 321 g/mol. The molecule has 0 aliphatic heterocycles. The zero-order valence-electron chi connectivity index (χ0n) is 15.3. The number of guanidine groups is 1. The zero-order valence-corrected chi connectivity index (χ0v) is 15.3. The number of aliphatic imine (C=N–C) groups is 1.